The average Bonchev–Trinajstić information content (AvgIpc) is 3.53. The Hall–Kier alpha value is -4.18. The molecule has 1 unspecified atom stereocenters. The van der Waals surface area contributed by atoms with Gasteiger partial charge in [0, 0.05) is 49.3 Å². The fourth-order valence-electron chi connectivity index (χ4n) is 4.74. The van der Waals surface area contributed by atoms with Crippen LogP contribution in [0.2, 0.25) is 0 Å². The van der Waals surface area contributed by atoms with Crippen LogP contribution in [0.3, 0.4) is 0 Å². The predicted octanol–water partition coefficient (Wildman–Crippen LogP) is 3.74. The van der Waals surface area contributed by atoms with E-state index in [1.807, 2.05) is 39.9 Å². The molecule has 4 heterocycles. The number of carbonyl (C=O) groups is 1. The predicted molar refractivity (Wildman–Crippen MR) is 131 cm³/mol. The molecule has 1 atom stereocenters. The first-order chi connectivity index (χ1) is 17.5. The molecule has 2 aromatic heterocycles. The Kier molecular flexibility index (Phi) is 5.45. The highest BCUT2D eigenvalue weighted by molar-refractivity contribution is 5.85. The van der Waals surface area contributed by atoms with Crippen LogP contribution in [-0.2, 0) is 11.3 Å². The van der Waals surface area contributed by atoms with Gasteiger partial charge >= 0.3 is 0 Å². The number of azo groups is 1. The summed E-state index contributed by atoms with van der Waals surface area (Å²) in [6.07, 6.45) is 3.67. The second kappa shape index (κ2) is 8.80. The Morgan fingerprint density at radius 3 is 2.67 bits per heavy atom. The van der Waals surface area contributed by atoms with E-state index in [2.05, 4.69) is 20.5 Å². The Bertz CT molecular complexity index is 1630. The molecule has 0 bridgehead atoms. The van der Waals surface area contributed by atoms with Crippen molar-refractivity contribution in [3.63, 3.8) is 0 Å². The zero-order chi connectivity index (χ0) is 24.8. The molecule has 0 spiro atoms. The van der Waals surface area contributed by atoms with E-state index >= 15 is 0 Å². The average molecular weight is 488 g/mol. The van der Waals surface area contributed by atoms with Crippen LogP contribution in [-0.4, -0.2) is 46.5 Å². The number of hydrogen-bond donors (Lipinski definition) is 2. The first-order valence-electron chi connectivity index (χ1n) is 11.7. The number of aromatic amines is 1. The van der Waals surface area contributed by atoms with Crippen molar-refractivity contribution in [1.82, 2.24) is 19.8 Å². The lowest BCUT2D eigenvalue weighted by Crippen LogP contribution is -2.47. The van der Waals surface area contributed by atoms with E-state index < -0.39 is 23.2 Å². The highest BCUT2D eigenvalue weighted by Crippen LogP contribution is 2.33. The van der Waals surface area contributed by atoms with Crippen LogP contribution in [0, 0.1) is 11.6 Å². The van der Waals surface area contributed by atoms with Gasteiger partial charge in [0.15, 0.2) is 11.6 Å². The second-order valence-corrected chi connectivity index (χ2v) is 8.97. The lowest BCUT2D eigenvalue weighted by Gasteiger charge is -2.27. The molecule has 4 aromatic rings. The number of fused-ring (bicyclic) bond motifs is 2. The van der Waals surface area contributed by atoms with Gasteiger partial charge in [-0.2, -0.15) is 10.2 Å². The quantitative estimate of drug-likeness (QED) is 0.458. The number of pyridine rings is 1. The molecule has 2 aliphatic rings. The second-order valence-electron chi connectivity index (χ2n) is 8.97. The van der Waals surface area contributed by atoms with Crippen LogP contribution in [0.15, 0.2) is 69.8 Å². The first-order valence-corrected chi connectivity index (χ1v) is 11.7. The van der Waals surface area contributed by atoms with Crippen molar-refractivity contribution in [2.24, 2.45) is 10.2 Å². The van der Waals surface area contributed by atoms with Gasteiger partial charge in [-0.1, -0.05) is 6.07 Å². The van der Waals surface area contributed by atoms with Gasteiger partial charge in [-0.3, -0.25) is 9.59 Å². The summed E-state index contributed by atoms with van der Waals surface area (Å²) < 4.78 is 29.1. The molecule has 8 nitrogen and oxygen atoms in total. The summed E-state index contributed by atoms with van der Waals surface area (Å²) in [6.45, 7) is 3.34. The highest BCUT2D eigenvalue weighted by atomic mass is 19.2. The van der Waals surface area contributed by atoms with E-state index in [1.165, 1.54) is 6.07 Å². The number of benzene rings is 2. The van der Waals surface area contributed by atoms with Crippen LogP contribution in [0.5, 0.6) is 0 Å². The summed E-state index contributed by atoms with van der Waals surface area (Å²) in [5.74, 6) is -1.92. The van der Waals surface area contributed by atoms with Crippen molar-refractivity contribution in [3.8, 4) is 0 Å². The van der Waals surface area contributed by atoms with Crippen molar-refractivity contribution >= 4 is 33.4 Å². The van der Waals surface area contributed by atoms with Crippen LogP contribution < -0.4 is 10.9 Å². The molecule has 10 heteroatoms. The minimum absolute atomic E-state index is 0.0958. The summed E-state index contributed by atoms with van der Waals surface area (Å²) in [6, 6.07) is 10.9. The first kappa shape index (κ1) is 22.3. The van der Waals surface area contributed by atoms with Gasteiger partial charge in [0.25, 0.3) is 5.56 Å². The van der Waals surface area contributed by atoms with E-state index in [0.717, 1.165) is 54.8 Å². The van der Waals surface area contributed by atoms with Crippen molar-refractivity contribution in [2.45, 2.75) is 12.6 Å². The third-order valence-electron chi connectivity index (χ3n) is 6.68. The summed E-state index contributed by atoms with van der Waals surface area (Å²) >= 11 is 0. The fraction of sp³-hybridized carbons (Fsp3) is 0.231. The Balaban J connectivity index is 1.25. The number of aromatic nitrogens is 2. The SMILES string of the molecule is O=C(Cn1ccc2cc(C3C=C(c4cc5cc(F)c(F)cc5[nH]c4=O)N=N3)ccc21)N1CCNCC1. The molecule has 2 N–H and O–H groups in total. The molecule has 182 valence electrons. The number of nitrogens with one attached hydrogen (secondary N) is 2. The maximum Gasteiger partial charge on any atom is 0.257 e. The molecule has 1 fully saturated rings. The smallest absolute Gasteiger partial charge is 0.257 e. The number of halogens is 2. The molecule has 0 aliphatic carbocycles. The summed E-state index contributed by atoms with van der Waals surface area (Å²) in [5, 5.41) is 13.1. The molecular weight excluding hydrogens is 466 g/mol. The van der Waals surface area contributed by atoms with Gasteiger partial charge in [0.1, 0.15) is 12.6 Å². The van der Waals surface area contributed by atoms with E-state index in [0.29, 0.717) is 11.1 Å². The van der Waals surface area contributed by atoms with Crippen LogP contribution >= 0.6 is 0 Å². The zero-order valence-electron chi connectivity index (χ0n) is 19.2. The number of amides is 1. The molecule has 6 rings (SSSR count). The number of carbonyl (C=O) groups excluding carboxylic acids is 1. The van der Waals surface area contributed by atoms with Gasteiger partial charge in [-0.05, 0) is 47.4 Å². The number of nitrogens with zero attached hydrogens (tertiary/aromatic N) is 4. The third-order valence-corrected chi connectivity index (χ3v) is 6.68. The van der Waals surface area contributed by atoms with Crippen LogP contribution in [0.4, 0.5) is 8.78 Å². The summed E-state index contributed by atoms with van der Waals surface area (Å²) in [4.78, 5) is 29.7. The van der Waals surface area contributed by atoms with Crippen LogP contribution in [0.25, 0.3) is 27.5 Å². The van der Waals surface area contributed by atoms with Gasteiger partial charge < -0.3 is 19.8 Å². The normalized spacial score (nSPS) is 17.8. The molecule has 36 heavy (non-hydrogen) atoms. The van der Waals surface area contributed by atoms with Gasteiger partial charge in [0.2, 0.25) is 5.91 Å². The standard InChI is InChI=1S/C26H22F2N6O2/c27-19-11-17-10-18(26(36)30-21(17)12-20(19)28)23-13-22(31-32-23)15-1-2-24-16(9-15)3-6-34(24)14-25(35)33-7-4-29-5-8-33/h1-3,6,9-13,22,29H,4-5,7-8,14H2,(H,30,36). The van der Waals surface area contributed by atoms with Gasteiger partial charge in [0.05, 0.1) is 16.8 Å². The molecule has 1 saturated heterocycles. The number of hydrogen-bond acceptors (Lipinski definition) is 5. The summed E-state index contributed by atoms with van der Waals surface area (Å²) in [5.41, 5.74) is 2.19. The van der Waals surface area contributed by atoms with Crippen molar-refractivity contribution in [3.05, 3.63) is 87.9 Å². The zero-order valence-corrected chi connectivity index (χ0v) is 19.2. The van der Waals surface area contributed by atoms with Crippen molar-refractivity contribution in [1.29, 1.82) is 0 Å². The number of H-pyrrole nitrogens is 1. The van der Waals surface area contributed by atoms with Crippen LogP contribution in [0.1, 0.15) is 17.2 Å². The largest absolute Gasteiger partial charge is 0.339 e. The maximum absolute atomic E-state index is 13.7. The minimum Gasteiger partial charge on any atom is -0.339 e. The molecule has 0 radical (unpaired) electrons. The minimum atomic E-state index is -1.02. The van der Waals surface area contributed by atoms with E-state index in [1.54, 1.807) is 6.08 Å². The van der Waals surface area contributed by atoms with Gasteiger partial charge in [-0.25, -0.2) is 8.78 Å². The van der Waals surface area contributed by atoms with Gasteiger partial charge in [-0.15, -0.1) is 0 Å². The third kappa shape index (κ3) is 3.99. The molecule has 1 amide bonds. The lowest BCUT2D eigenvalue weighted by atomic mass is 10.0. The van der Waals surface area contributed by atoms with E-state index in [4.69, 9.17) is 0 Å². The Labute approximate surface area is 203 Å². The van der Waals surface area contributed by atoms with Crippen molar-refractivity contribution < 1.29 is 13.6 Å². The summed E-state index contributed by atoms with van der Waals surface area (Å²) in [7, 11) is 0. The number of piperazine rings is 1. The topological polar surface area (TPSA) is 94.8 Å². The molecule has 2 aliphatic heterocycles. The van der Waals surface area contributed by atoms with E-state index in [9.17, 15) is 18.4 Å². The van der Waals surface area contributed by atoms with E-state index in [-0.39, 0.29) is 23.5 Å². The molecule has 2 aromatic carbocycles. The van der Waals surface area contributed by atoms with Crippen molar-refractivity contribution in [2.75, 3.05) is 26.2 Å². The molecule has 0 saturated carbocycles. The molecular formula is C26H22F2N6O2. The lowest BCUT2D eigenvalue weighted by molar-refractivity contribution is -0.132. The maximum atomic E-state index is 13.7. The Morgan fingerprint density at radius 1 is 1.03 bits per heavy atom. The highest BCUT2D eigenvalue weighted by Gasteiger charge is 2.21. The Morgan fingerprint density at radius 2 is 1.83 bits per heavy atom. The fourth-order valence-corrected chi connectivity index (χ4v) is 4.74. The number of rotatable bonds is 4. The monoisotopic (exact) mass is 488 g/mol.